The lowest BCUT2D eigenvalue weighted by molar-refractivity contribution is 0.101. The van der Waals surface area contributed by atoms with Crippen molar-refractivity contribution in [1.29, 1.82) is 0 Å². The van der Waals surface area contributed by atoms with Crippen molar-refractivity contribution in [2.45, 2.75) is 6.92 Å². The number of Topliss-reactive ketones (excluding diaryl/α,β-unsaturated/α-hetero) is 1. The van der Waals surface area contributed by atoms with Gasteiger partial charge in [-0.15, -0.1) is 0 Å². The predicted molar refractivity (Wildman–Crippen MR) is 113 cm³/mol. The quantitative estimate of drug-likeness (QED) is 0.310. The van der Waals surface area contributed by atoms with Gasteiger partial charge in [0.2, 0.25) is 0 Å². The summed E-state index contributed by atoms with van der Waals surface area (Å²) in [5.41, 5.74) is 3.72. The monoisotopic (exact) mass is 409 g/mol. The van der Waals surface area contributed by atoms with Crippen LogP contribution < -0.4 is 9.47 Å². The number of benzene rings is 2. The third-order valence-electron chi connectivity index (χ3n) is 4.80. The van der Waals surface area contributed by atoms with Crippen LogP contribution >= 0.6 is 0 Å². The maximum absolute atomic E-state index is 11.8. The second kappa shape index (κ2) is 8.64. The summed E-state index contributed by atoms with van der Waals surface area (Å²) in [7, 11) is 3.25. The molecule has 0 aliphatic carbocycles. The predicted octanol–water partition coefficient (Wildman–Crippen LogP) is 3.29. The zero-order valence-electron chi connectivity index (χ0n) is 17.2. The van der Waals surface area contributed by atoms with E-state index in [1.807, 2.05) is 28.7 Å². The molecule has 30 heavy (non-hydrogen) atoms. The molecule has 0 bridgehead atoms. The van der Waals surface area contributed by atoms with Crippen molar-refractivity contribution in [3.8, 4) is 11.5 Å². The normalized spacial score (nSPS) is 11.4. The standard InChI is InChI=1S/C22H23N3O5/c1-14(26)15-4-5-17-19(10-15)25-13-23-18-12-21(30-9-7-28-3)20(29-8-6-27-2)11-16(18)22(25)24-17/h4-5,10-13H,6-9H2,1-3H3. The number of ketones is 1. The molecule has 2 heterocycles. The number of fused-ring (bicyclic) bond motifs is 5. The van der Waals surface area contributed by atoms with Crippen LogP contribution in [0.2, 0.25) is 0 Å². The van der Waals surface area contributed by atoms with Crippen LogP contribution in [0.5, 0.6) is 11.5 Å². The van der Waals surface area contributed by atoms with Crippen molar-refractivity contribution >= 4 is 33.4 Å². The van der Waals surface area contributed by atoms with Gasteiger partial charge in [-0.05, 0) is 31.2 Å². The Hall–Kier alpha value is -3.23. The molecule has 0 spiro atoms. The van der Waals surface area contributed by atoms with E-state index in [0.717, 1.165) is 27.6 Å². The number of rotatable bonds is 9. The fraction of sp³-hybridized carbons (Fsp3) is 0.318. The van der Waals surface area contributed by atoms with Gasteiger partial charge in [-0.3, -0.25) is 9.20 Å². The number of imidazole rings is 1. The Morgan fingerprint density at radius 1 is 0.933 bits per heavy atom. The summed E-state index contributed by atoms with van der Waals surface area (Å²) in [5, 5.41) is 0.824. The summed E-state index contributed by atoms with van der Waals surface area (Å²) in [6.45, 7) is 3.25. The molecule has 8 nitrogen and oxygen atoms in total. The first-order valence-corrected chi connectivity index (χ1v) is 9.61. The molecule has 4 rings (SSSR count). The molecule has 0 aliphatic rings. The van der Waals surface area contributed by atoms with Crippen molar-refractivity contribution in [3.63, 3.8) is 0 Å². The highest BCUT2D eigenvalue weighted by Crippen LogP contribution is 2.34. The summed E-state index contributed by atoms with van der Waals surface area (Å²) < 4.78 is 23.8. The molecule has 0 saturated heterocycles. The fourth-order valence-corrected chi connectivity index (χ4v) is 3.27. The Balaban J connectivity index is 1.86. The molecule has 156 valence electrons. The highest BCUT2D eigenvalue weighted by atomic mass is 16.5. The molecule has 0 amide bonds. The second-order valence-corrected chi connectivity index (χ2v) is 6.81. The first kappa shape index (κ1) is 20.1. The van der Waals surface area contributed by atoms with Gasteiger partial charge >= 0.3 is 0 Å². The van der Waals surface area contributed by atoms with E-state index in [0.29, 0.717) is 43.5 Å². The zero-order chi connectivity index (χ0) is 21.1. The van der Waals surface area contributed by atoms with Crippen molar-refractivity contribution < 1.29 is 23.7 Å². The molecule has 0 atom stereocenters. The molecule has 2 aromatic carbocycles. The second-order valence-electron chi connectivity index (χ2n) is 6.81. The largest absolute Gasteiger partial charge is 0.487 e. The highest BCUT2D eigenvalue weighted by molar-refractivity contribution is 6.01. The fourth-order valence-electron chi connectivity index (χ4n) is 3.27. The van der Waals surface area contributed by atoms with Gasteiger partial charge in [0.1, 0.15) is 25.2 Å². The lowest BCUT2D eigenvalue weighted by atomic mass is 10.1. The molecular formula is C22H23N3O5. The molecule has 0 fully saturated rings. The van der Waals surface area contributed by atoms with Crippen LogP contribution in [0.4, 0.5) is 0 Å². The first-order valence-electron chi connectivity index (χ1n) is 9.61. The molecular weight excluding hydrogens is 386 g/mol. The third kappa shape index (κ3) is 3.79. The smallest absolute Gasteiger partial charge is 0.163 e. The van der Waals surface area contributed by atoms with E-state index in [1.165, 1.54) is 0 Å². The van der Waals surface area contributed by atoms with Gasteiger partial charge in [0, 0.05) is 31.2 Å². The van der Waals surface area contributed by atoms with Crippen LogP contribution in [-0.2, 0) is 9.47 Å². The van der Waals surface area contributed by atoms with Gasteiger partial charge < -0.3 is 18.9 Å². The van der Waals surface area contributed by atoms with Gasteiger partial charge in [-0.25, -0.2) is 9.97 Å². The molecule has 0 aliphatic heterocycles. The van der Waals surface area contributed by atoms with E-state index < -0.39 is 0 Å². The average Bonchev–Trinajstić information content (AvgIpc) is 3.12. The first-order chi connectivity index (χ1) is 14.6. The number of methoxy groups -OCH3 is 2. The van der Waals surface area contributed by atoms with E-state index >= 15 is 0 Å². The molecule has 0 radical (unpaired) electrons. The number of hydrogen-bond donors (Lipinski definition) is 0. The Morgan fingerprint density at radius 3 is 2.30 bits per heavy atom. The van der Waals surface area contributed by atoms with Gasteiger partial charge in [0.05, 0.1) is 29.8 Å². The molecule has 0 unspecified atom stereocenters. The van der Waals surface area contributed by atoms with Crippen LogP contribution in [0.15, 0.2) is 36.7 Å². The van der Waals surface area contributed by atoms with Crippen LogP contribution in [0.3, 0.4) is 0 Å². The SMILES string of the molecule is COCCOc1cc2ncn3c4cc(C(C)=O)ccc4nc3c2cc1OCCOC. The van der Waals surface area contributed by atoms with E-state index in [1.54, 1.807) is 33.5 Å². The molecule has 4 aromatic rings. The Kier molecular flexibility index (Phi) is 5.78. The summed E-state index contributed by atoms with van der Waals surface area (Å²) in [4.78, 5) is 21.1. The van der Waals surface area contributed by atoms with Crippen molar-refractivity contribution in [2.75, 3.05) is 40.6 Å². The lowest BCUT2D eigenvalue weighted by Crippen LogP contribution is -2.08. The lowest BCUT2D eigenvalue weighted by Gasteiger charge is -2.14. The molecule has 8 heteroatoms. The Morgan fingerprint density at radius 2 is 1.63 bits per heavy atom. The minimum Gasteiger partial charge on any atom is -0.487 e. The van der Waals surface area contributed by atoms with Crippen LogP contribution in [0.1, 0.15) is 17.3 Å². The van der Waals surface area contributed by atoms with E-state index in [4.69, 9.17) is 23.9 Å². The van der Waals surface area contributed by atoms with Crippen molar-refractivity contribution in [1.82, 2.24) is 14.4 Å². The summed E-state index contributed by atoms with van der Waals surface area (Å²) in [6.07, 6.45) is 1.71. The molecule has 0 N–H and O–H groups in total. The zero-order valence-corrected chi connectivity index (χ0v) is 17.2. The van der Waals surface area contributed by atoms with Crippen LogP contribution in [0.25, 0.3) is 27.6 Å². The number of ether oxygens (including phenoxy) is 4. The Bertz CT molecular complexity index is 1220. The highest BCUT2D eigenvalue weighted by Gasteiger charge is 2.15. The van der Waals surface area contributed by atoms with Gasteiger partial charge in [0.25, 0.3) is 0 Å². The minimum atomic E-state index is 0.00674. The van der Waals surface area contributed by atoms with Gasteiger partial charge in [0.15, 0.2) is 17.3 Å². The van der Waals surface area contributed by atoms with Crippen molar-refractivity contribution in [3.05, 3.63) is 42.2 Å². The van der Waals surface area contributed by atoms with E-state index in [-0.39, 0.29) is 5.78 Å². The molecule has 0 saturated carbocycles. The average molecular weight is 409 g/mol. The Labute approximate surface area is 173 Å². The van der Waals surface area contributed by atoms with Crippen molar-refractivity contribution in [2.24, 2.45) is 0 Å². The number of hydrogen-bond acceptors (Lipinski definition) is 7. The minimum absolute atomic E-state index is 0.00674. The van der Waals surface area contributed by atoms with Crippen LogP contribution in [-0.4, -0.2) is 60.8 Å². The summed E-state index contributed by atoms with van der Waals surface area (Å²) in [5.74, 6) is 1.18. The topological polar surface area (TPSA) is 84.2 Å². The maximum Gasteiger partial charge on any atom is 0.163 e. The number of nitrogens with zero attached hydrogens (tertiary/aromatic N) is 3. The number of carbonyl (C=O) groups excluding carboxylic acids is 1. The summed E-state index contributed by atoms with van der Waals surface area (Å²) >= 11 is 0. The van der Waals surface area contributed by atoms with Crippen LogP contribution in [0, 0.1) is 0 Å². The number of aromatic nitrogens is 3. The van der Waals surface area contributed by atoms with E-state index in [9.17, 15) is 4.79 Å². The number of carbonyl (C=O) groups is 1. The summed E-state index contributed by atoms with van der Waals surface area (Å²) in [6, 6.07) is 9.20. The van der Waals surface area contributed by atoms with Gasteiger partial charge in [-0.2, -0.15) is 0 Å². The third-order valence-corrected chi connectivity index (χ3v) is 4.80. The van der Waals surface area contributed by atoms with E-state index in [2.05, 4.69) is 4.98 Å². The molecule has 2 aromatic heterocycles. The van der Waals surface area contributed by atoms with Gasteiger partial charge in [-0.1, -0.05) is 0 Å². The maximum atomic E-state index is 11.8.